The summed E-state index contributed by atoms with van der Waals surface area (Å²) in [6.07, 6.45) is 4.49. The van der Waals surface area contributed by atoms with E-state index in [4.69, 9.17) is 0 Å². The minimum absolute atomic E-state index is 0.115. The number of fused-ring (bicyclic) bond motifs is 1. The molecule has 86 valence electrons. The first-order valence-corrected chi connectivity index (χ1v) is 5.01. The van der Waals surface area contributed by atoms with Crippen LogP contribution in [0.4, 0.5) is 16.0 Å². The van der Waals surface area contributed by atoms with Crippen molar-refractivity contribution in [2.45, 2.75) is 6.92 Å². The number of hydrogen-bond acceptors (Lipinski definition) is 4. The molecule has 0 saturated heterocycles. The largest absolute Gasteiger partial charge is 0.319 e. The number of aryl methyl sites for hydroxylation is 1. The molecule has 3 aromatic heterocycles. The van der Waals surface area contributed by atoms with E-state index >= 15 is 0 Å². The van der Waals surface area contributed by atoms with Crippen molar-refractivity contribution in [2.75, 3.05) is 5.32 Å². The third-order valence-corrected chi connectivity index (χ3v) is 2.34. The van der Waals surface area contributed by atoms with Crippen LogP contribution >= 0.6 is 0 Å². The summed E-state index contributed by atoms with van der Waals surface area (Å²) in [5.41, 5.74) is 1.64. The van der Waals surface area contributed by atoms with Crippen molar-refractivity contribution < 1.29 is 4.39 Å². The van der Waals surface area contributed by atoms with E-state index in [2.05, 4.69) is 25.6 Å². The average Bonchev–Trinajstić information content (AvgIpc) is 2.85. The maximum atomic E-state index is 13.2. The number of nitrogens with one attached hydrogen (secondary N) is 2. The highest BCUT2D eigenvalue weighted by Gasteiger charge is 2.09. The second kappa shape index (κ2) is 3.55. The van der Waals surface area contributed by atoms with Gasteiger partial charge in [-0.3, -0.25) is 5.10 Å². The van der Waals surface area contributed by atoms with Crippen LogP contribution in [0.1, 0.15) is 5.69 Å². The Morgan fingerprint density at radius 1 is 1.41 bits per heavy atom. The SMILES string of the molecule is Cc1cc2c(Nc3n[nH]cc3F)nccn2n1. The van der Waals surface area contributed by atoms with Gasteiger partial charge in [0.15, 0.2) is 17.5 Å². The van der Waals surface area contributed by atoms with Gasteiger partial charge in [-0.1, -0.05) is 0 Å². The van der Waals surface area contributed by atoms with Crippen molar-refractivity contribution in [3.63, 3.8) is 0 Å². The number of H-pyrrole nitrogens is 1. The van der Waals surface area contributed by atoms with E-state index in [1.54, 1.807) is 16.9 Å². The second-order valence-electron chi connectivity index (χ2n) is 3.60. The Morgan fingerprint density at radius 2 is 2.29 bits per heavy atom. The minimum Gasteiger partial charge on any atom is -0.319 e. The molecular weight excluding hydrogens is 223 g/mol. The molecule has 0 amide bonds. The predicted octanol–water partition coefficient (Wildman–Crippen LogP) is 1.64. The fraction of sp³-hybridized carbons (Fsp3) is 0.100. The van der Waals surface area contributed by atoms with E-state index in [1.165, 1.54) is 6.20 Å². The maximum absolute atomic E-state index is 13.2. The van der Waals surface area contributed by atoms with Gasteiger partial charge in [0.05, 0.1) is 11.9 Å². The summed E-state index contributed by atoms with van der Waals surface area (Å²) < 4.78 is 14.9. The molecule has 0 aliphatic rings. The van der Waals surface area contributed by atoms with Crippen LogP contribution in [-0.4, -0.2) is 24.8 Å². The fourth-order valence-electron chi connectivity index (χ4n) is 1.62. The maximum Gasteiger partial charge on any atom is 0.189 e. The number of hydrogen-bond donors (Lipinski definition) is 2. The molecule has 0 aliphatic carbocycles. The second-order valence-corrected chi connectivity index (χ2v) is 3.60. The molecule has 0 aromatic carbocycles. The molecule has 3 rings (SSSR count). The molecule has 17 heavy (non-hydrogen) atoms. The van der Waals surface area contributed by atoms with E-state index in [0.717, 1.165) is 11.2 Å². The zero-order valence-corrected chi connectivity index (χ0v) is 8.98. The van der Waals surface area contributed by atoms with E-state index in [1.807, 2.05) is 13.0 Å². The van der Waals surface area contributed by atoms with Gasteiger partial charge in [-0.15, -0.1) is 0 Å². The van der Waals surface area contributed by atoms with Crippen molar-refractivity contribution in [3.05, 3.63) is 36.2 Å². The summed E-state index contributed by atoms with van der Waals surface area (Å²) in [5, 5.41) is 13.2. The van der Waals surface area contributed by atoms with Gasteiger partial charge in [0.2, 0.25) is 0 Å². The highest BCUT2D eigenvalue weighted by atomic mass is 19.1. The molecule has 6 nitrogen and oxygen atoms in total. The molecule has 0 spiro atoms. The van der Waals surface area contributed by atoms with Crippen LogP contribution in [0.3, 0.4) is 0 Å². The molecular formula is C10H9FN6. The Hall–Kier alpha value is -2.44. The monoisotopic (exact) mass is 232 g/mol. The standard InChI is InChI=1S/C10H9FN6/c1-6-4-8-10(12-2-3-17(8)16-6)14-9-7(11)5-13-15-9/h2-5H,1H3,(H2,12,13,14,15). The molecule has 3 heterocycles. The van der Waals surface area contributed by atoms with Crippen molar-refractivity contribution in [1.82, 2.24) is 24.8 Å². The van der Waals surface area contributed by atoms with E-state index in [9.17, 15) is 4.39 Å². The Kier molecular flexibility index (Phi) is 2.04. The zero-order chi connectivity index (χ0) is 11.8. The van der Waals surface area contributed by atoms with Crippen LogP contribution in [0.15, 0.2) is 24.7 Å². The summed E-state index contributed by atoms with van der Waals surface area (Å²) in [6.45, 7) is 1.88. The molecule has 3 aromatic rings. The van der Waals surface area contributed by atoms with E-state index in [-0.39, 0.29) is 5.82 Å². The number of nitrogens with zero attached hydrogens (tertiary/aromatic N) is 4. The van der Waals surface area contributed by atoms with Crippen molar-refractivity contribution in [2.24, 2.45) is 0 Å². The molecule has 0 fully saturated rings. The van der Waals surface area contributed by atoms with Gasteiger partial charge >= 0.3 is 0 Å². The van der Waals surface area contributed by atoms with Gasteiger partial charge < -0.3 is 5.32 Å². The minimum atomic E-state index is -0.454. The van der Waals surface area contributed by atoms with Crippen LogP contribution < -0.4 is 5.32 Å². The normalized spacial score (nSPS) is 10.9. The summed E-state index contributed by atoms with van der Waals surface area (Å²) in [6, 6.07) is 1.86. The highest BCUT2D eigenvalue weighted by Crippen LogP contribution is 2.20. The number of anilines is 2. The Balaban J connectivity index is 2.08. The molecule has 0 atom stereocenters. The Labute approximate surface area is 95.5 Å². The van der Waals surface area contributed by atoms with Crippen molar-refractivity contribution in [1.29, 1.82) is 0 Å². The van der Waals surface area contributed by atoms with E-state index < -0.39 is 5.82 Å². The van der Waals surface area contributed by atoms with Crippen LogP contribution in [-0.2, 0) is 0 Å². The van der Waals surface area contributed by atoms with Crippen LogP contribution in [0, 0.1) is 12.7 Å². The molecule has 0 unspecified atom stereocenters. The summed E-state index contributed by atoms with van der Waals surface area (Å²) in [5.74, 6) is 0.175. The van der Waals surface area contributed by atoms with Crippen molar-refractivity contribution >= 4 is 17.2 Å². The number of aromatic nitrogens is 5. The van der Waals surface area contributed by atoms with Gasteiger partial charge in [-0.2, -0.15) is 10.2 Å². The van der Waals surface area contributed by atoms with Crippen LogP contribution in [0.2, 0.25) is 0 Å². The first-order chi connectivity index (χ1) is 8.24. The van der Waals surface area contributed by atoms with Crippen molar-refractivity contribution in [3.8, 4) is 0 Å². The van der Waals surface area contributed by atoms with E-state index in [0.29, 0.717) is 5.82 Å². The first kappa shape index (κ1) is 9.76. The van der Waals surface area contributed by atoms with Gasteiger partial charge in [-0.05, 0) is 13.0 Å². The van der Waals surface area contributed by atoms with Crippen LogP contribution in [0.25, 0.3) is 5.52 Å². The molecule has 7 heteroatoms. The molecule has 0 saturated carbocycles. The van der Waals surface area contributed by atoms with Gasteiger partial charge in [-0.25, -0.2) is 13.9 Å². The average molecular weight is 232 g/mol. The van der Waals surface area contributed by atoms with Gasteiger partial charge in [0.1, 0.15) is 5.52 Å². The van der Waals surface area contributed by atoms with Gasteiger partial charge in [0.25, 0.3) is 0 Å². The topological polar surface area (TPSA) is 70.9 Å². The molecule has 2 N–H and O–H groups in total. The Morgan fingerprint density at radius 3 is 3.06 bits per heavy atom. The summed E-state index contributed by atoms with van der Waals surface area (Å²) in [4.78, 5) is 4.14. The number of halogens is 1. The van der Waals surface area contributed by atoms with Gasteiger partial charge in [0, 0.05) is 12.4 Å². The quantitative estimate of drug-likeness (QED) is 0.704. The highest BCUT2D eigenvalue weighted by molar-refractivity contribution is 5.72. The molecule has 0 aliphatic heterocycles. The zero-order valence-electron chi connectivity index (χ0n) is 8.98. The lowest BCUT2D eigenvalue weighted by molar-refractivity contribution is 0.632. The third-order valence-electron chi connectivity index (χ3n) is 2.34. The number of aromatic amines is 1. The lowest BCUT2D eigenvalue weighted by Gasteiger charge is -2.03. The lowest BCUT2D eigenvalue weighted by Crippen LogP contribution is -1.99. The van der Waals surface area contributed by atoms with Crippen LogP contribution in [0.5, 0.6) is 0 Å². The predicted molar refractivity (Wildman–Crippen MR) is 59.6 cm³/mol. The third kappa shape index (κ3) is 1.61. The first-order valence-electron chi connectivity index (χ1n) is 5.01. The summed E-state index contributed by atoms with van der Waals surface area (Å²) >= 11 is 0. The molecule has 0 radical (unpaired) electrons. The smallest absolute Gasteiger partial charge is 0.189 e. The fourth-order valence-corrected chi connectivity index (χ4v) is 1.62. The number of rotatable bonds is 2. The summed E-state index contributed by atoms with van der Waals surface area (Å²) in [7, 11) is 0. The lowest BCUT2D eigenvalue weighted by atomic mass is 10.4. The molecule has 0 bridgehead atoms. The Bertz CT molecular complexity index is 670.